The van der Waals surface area contributed by atoms with E-state index in [9.17, 15) is 28.8 Å². The molecule has 0 aromatic carbocycles. The predicted molar refractivity (Wildman–Crippen MR) is 123 cm³/mol. The molecule has 0 spiro atoms. The van der Waals surface area contributed by atoms with Crippen molar-refractivity contribution in [3.63, 3.8) is 0 Å². The molecule has 0 amide bonds. The molecule has 0 saturated carbocycles. The summed E-state index contributed by atoms with van der Waals surface area (Å²) >= 11 is 0. The summed E-state index contributed by atoms with van der Waals surface area (Å²) in [6, 6.07) is 0. The Hall–Kier alpha value is -3.34. The molecule has 0 N–H and O–H groups in total. The normalized spacial score (nSPS) is 34.6. The first-order valence-electron chi connectivity index (χ1n) is 12.3. The van der Waals surface area contributed by atoms with Crippen LogP contribution in [-0.2, 0) is 76.1 Å². The van der Waals surface area contributed by atoms with Gasteiger partial charge in [-0.15, -0.1) is 0 Å². The van der Waals surface area contributed by atoms with Gasteiger partial charge < -0.3 is 47.4 Å². The van der Waals surface area contributed by atoms with Gasteiger partial charge in [-0.1, -0.05) is 0 Å². The number of fused-ring (bicyclic) bond motifs is 2. The van der Waals surface area contributed by atoms with Crippen LogP contribution in [0.4, 0.5) is 0 Å². The summed E-state index contributed by atoms with van der Waals surface area (Å²) in [6.07, 6.45) is -13.0. The molecule has 10 atom stereocenters. The summed E-state index contributed by atoms with van der Waals surface area (Å²) in [5, 5.41) is 0. The molecule has 3 aliphatic rings. The molecule has 3 heterocycles. The van der Waals surface area contributed by atoms with Gasteiger partial charge in [0.2, 0.25) is 0 Å². The van der Waals surface area contributed by atoms with E-state index < -0.39 is 104 Å². The van der Waals surface area contributed by atoms with Gasteiger partial charge in [0.05, 0.1) is 6.61 Å². The Morgan fingerprint density at radius 3 is 1.57 bits per heavy atom. The van der Waals surface area contributed by atoms with Crippen LogP contribution >= 0.6 is 0 Å². The van der Waals surface area contributed by atoms with Crippen LogP contribution in [0.1, 0.15) is 41.5 Å². The Morgan fingerprint density at radius 2 is 1.05 bits per heavy atom. The monoisotopic (exact) mass is 576 g/mol. The fourth-order valence-corrected chi connectivity index (χ4v) is 4.60. The van der Waals surface area contributed by atoms with Crippen molar-refractivity contribution in [1.82, 2.24) is 0 Å². The van der Waals surface area contributed by atoms with Gasteiger partial charge in [-0.05, 0) is 0 Å². The molecule has 3 fully saturated rings. The lowest BCUT2D eigenvalue weighted by Gasteiger charge is -2.46. The highest BCUT2D eigenvalue weighted by Gasteiger charge is 2.59. The lowest BCUT2D eigenvalue weighted by molar-refractivity contribution is -0.340. The molecule has 224 valence electrons. The molecule has 16 nitrogen and oxygen atoms in total. The molecule has 0 aliphatic carbocycles. The Labute approximate surface area is 228 Å². The van der Waals surface area contributed by atoms with Crippen molar-refractivity contribution in [3.05, 3.63) is 0 Å². The molecule has 2 bridgehead atoms. The Kier molecular flexibility index (Phi) is 10.4. The van der Waals surface area contributed by atoms with E-state index in [2.05, 4.69) is 0 Å². The minimum absolute atomic E-state index is 0.0594. The minimum atomic E-state index is -1.59. The summed E-state index contributed by atoms with van der Waals surface area (Å²) in [5.74, 6) is -4.61. The first-order chi connectivity index (χ1) is 18.8. The standard InChI is InChI=1S/C24H32O16/c1-9(25)31-7-15-17(33-10(2)26)19(34-11(3)27)22(37-14(6)30)24(39-15)40-18-16-8-32-23(38-16)21(36-13(5)29)20(18)35-12(4)28/h15-24H,7-8H2,1-6H3/t15-,16-,17-,18?,19+,20+,21-,22-,23-,24-/m1/s1. The highest BCUT2D eigenvalue weighted by Crippen LogP contribution is 2.37. The van der Waals surface area contributed by atoms with E-state index in [0.29, 0.717) is 0 Å². The van der Waals surface area contributed by atoms with Gasteiger partial charge in [-0.3, -0.25) is 28.8 Å². The lowest BCUT2D eigenvalue weighted by atomic mass is 9.96. The number of carbonyl (C=O) groups excluding carboxylic acids is 6. The van der Waals surface area contributed by atoms with E-state index in [0.717, 1.165) is 41.5 Å². The van der Waals surface area contributed by atoms with Gasteiger partial charge in [0.15, 0.2) is 43.1 Å². The molecule has 0 aromatic heterocycles. The van der Waals surface area contributed by atoms with Crippen molar-refractivity contribution in [2.24, 2.45) is 0 Å². The van der Waals surface area contributed by atoms with Gasteiger partial charge in [-0.2, -0.15) is 0 Å². The Morgan fingerprint density at radius 1 is 0.575 bits per heavy atom. The quantitative estimate of drug-likeness (QED) is 0.241. The first kappa shape index (κ1) is 31.2. The second kappa shape index (κ2) is 13.3. The van der Waals surface area contributed by atoms with Crippen LogP contribution in [0.25, 0.3) is 0 Å². The predicted octanol–water partition coefficient (Wildman–Crippen LogP) is -0.927. The lowest BCUT2D eigenvalue weighted by Crippen LogP contribution is -2.65. The van der Waals surface area contributed by atoms with E-state index in [1.807, 2.05) is 0 Å². The second-order valence-electron chi connectivity index (χ2n) is 9.19. The van der Waals surface area contributed by atoms with E-state index in [-0.39, 0.29) is 6.61 Å². The number of ether oxygens (including phenoxy) is 10. The SMILES string of the molecule is CC(=O)OC[C@H]1O[C@H](OC2[C@H]3CO[C@H](O3)[C@H](OC(C)=O)[C@H]2OC(C)=O)[C@H](OC(C)=O)[C@@H](OC(C)=O)[C@@H]1OC(C)=O. The van der Waals surface area contributed by atoms with Crippen LogP contribution in [-0.4, -0.2) is 110 Å². The summed E-state index contributed by atoms with van der Waals surface area (Å²) in [7, 11) is 0. The van der Waals surface area contributed by atoms with E-state index in [1.54, 1.807) is 0 Å². The third kappa shape index (κ3) is 7.87. The zero-order chi connectivity index (χ0) is 29.7. The van der Waals surface area contributed by atoms with Crippen molar-refractivity contribution >= 4 is 35.8 Å². The van der Waals surface area contributed by atoms with E-state index in [1.165, 1.54) is 0 Å². The van der Waals surface area contributed by atoms with Gasteiger partial charge >= 0.3 is 35.8 Å². The van der Waals surface area contributed by atoms with Crippen molar-refractivity contribution in [2.75, 3.05) is 13.2 Å². The van der Waals surface area contributed by atoms with Crippen molar-refractivity contribution in [2.45, 2.75) is 103 Å². The fourth-order valence-electron chi connectivity index (χ4n) is 4.60. The van der Waals surface area contributed by atoms with Crippen LogP contribution in [0.2, 0.25) is 0 Å². The smallest absolute Gasteiger partial charge is 0.303 e. The summed E-state index contributed by atoms with van der Waals surface area (Å²) in [5.41, 5.74) is 0. The maximum absolute atomic E-state index is 12.1. The molecule has 40 heavy (non-hydrogen) atoms. The van der Waals surface area contributed by atoms with Gasteiger partial charge in [0.25, 0.3) is 0 Å². The van der Waals surface area contributed by atoms with E-state index >= 15 is 0 Å². The molecular weight excluding hydrogens is 544 g/mol. The summed E-state index contributed by atoms with van der Waals surface area (Å²) < 4.78 is 55.4. The third-order valence-electron chi connectivity index (χ3n) is 5.86. The van der Waals surface area contributed by atoms with Gasteiger partial charge in [0, 0.05) is 41.5 Å². The average Bonchev–Trinajstić information content (AvgIpc) is 3.26. The number of esters is 6. The van der Waals surface area contributed by atoms with Gasteiger partial charge in [0.1, 0.15) is 24.9 Å². The van der Waals surface area contributed by atoms with Gasteiger partial charge in [-0.25, -0.2) is 0 Å². The number of carbonyl (C=O) groups is 6. The highest BCUT2D eigenvalue weighted by molar-refractivity contribution is 5.69. The second-order valence-corrected chi connectivity index (χ2v) is 9.19. The number of hydrogen-bond donors (Lipinski definition) is 0. The van der Waals surface area contributed by atoms with Crippen LogP contribution in [0, 0.1) is 0 Å². The Balaban J connectivity index is 2.02. The largest absolute Gasteiger partial charge is 0.463 e. The average molecular weight is 577 g/mol. The third-order valence-corrected chi connectivity index (χ3v) is 5.86. The number of hydrogen-bond acceptors (Lipinski definition) is 16. The molecule has 16 heteroatoms. The van der Waals surface area contributed by atoms with Crippen LogP contribution in [0.3, 0.4) is 0 Å². The zero-order valence-corrected chi connectivity index (χ0v) is 22.7. The molecule has 1 unspecified atom stereocenters. The number of rotatable bonds is 9. The molecule has 3 aliphatic heterocycles. The Bertz CT molecular complexity index is 995. The fraction of sp³-hybridized carbons (Fsp3) is 0.750. The summed E-state index contributed by atoms with van der Waals surface area (Å²) in [6.45, 7) is 6.12. The molecule has 0 aromatic rings. The van der Waals surface area contributed by atoms with Crippen molar-refractivity contribution in [3.8, 4) is 0 Å². The topological polar surface area (TPSA) is 195 Å². The minimum Gasteiger partial charge on any atom is -0.463 e. The molecule has 3 saturated heterocycles. The van der Waals surface area contributed by atoms with Crippen LogP contribution in [0.15, 0.2) is 0 Å². The molecule has 3 rings (SSSR count). The van der Waals surface area contributed by atoms with Crippen LogP contribution < -0.4 is 0 Å². The molecular formula is C24H32O16. The van der Waals surface area contributed by atoms with E-state index in [4.69, 9.17) is 47.4 Å². The van der Waals surface area contributed by atoms with Crippen molar-refractivity contribution < 1.29 is 76.1 Å². The van der Waals surface area contributed by atoms with Crippen LogP contribution in [0.5, 0.6) is 0 Å². The molecule has 0 radical (unpaired) electrons. The maximum atomic E-state index is 12.1. The van der Waals surface area contributed by atoms with Crippen molar-refractivity contribution in [1.29, 1.82) is 0 Å². The first-order valence-corrected chi connectivity index (χ1v) is 12.3. The summed E-state index contributed by atoms with van der Waals surface area (Å²) in [4.78, 5) is 71.4. The zero-order valence-electron chi connectivity index (χ0n) is 22.7. The maximum Gasteiger partial charge on any atom is 0.303 e. The highest BCUT2D eigenvalue weighted by atomic mass is 16.8.